The number of nitrogen functional groups attached to an aromatic ring is 1. The first-order valence-electron chi connectivity index (χ1n) is 14.5. The van der Waals surface area contributed by atoms with Gasteiger partial charge in [0.15, 0.2) is 17.3 Å². The first-order chi connectivity index (χ1) is 20.5. The van der Waals surface area contributed by atoms with Crippen molar-refractivity contribution in [1.29, 1.82) is 5.26 Å². The first-order valence-corrected chi connectivity index (χ1v) is 15.3. The van der Waals surface area contributed by atoms with Crippen molar-refractivity contribution in [3.63, 3.8) is 0 Å². The standard InChI is InChI=1S/C30H32N8O3S/c1-17(20-7-5-13-38(20)2)39-22-14-23(40-24-16-33-11-12-34-24)36-29(35-22)26-18-6-3-9-30(27(18)41-37-26)10-4-8-21-25(30)19(15-31)28(32)42-21/h11-12,14,16-17,20H,3-10,13,32H2,1-2H3/t17-,20-,30-/m0/s1. The van der Waals surface area contributed by atoms with E-state index in [0.29, 0.717) is 39.9 Å². The number of nitrogens with zero attached hydrogens (tertiary/aromatic N) is 7. The molecule has 0 amide bonds. The smallest absolute Gasteiger partial charge is 0.239 e. The number of thiophene rings is 1. The third-order valence-electron chi connectivity index (χ3n) is 8.92. The lowest BCUT2D eigenvalue weighted by molar-refractivity contribution is 0.116. The van der Waals surface area contributed by atoms with Crippen molar-refractivity contribution in [2.75, 3.05) is 19.3 Å². The number of fused-ring (bicyclic) bond motifs is 4. The van der Waals surface area contributed by atoms with E-state index in [1.165, 1.54) is 22.4 Å². The zero-order chi connectivity index (χ0) is 28.8. The first kappa shape index (κ1) is 26.8. The van der Waals surface area contributed by atoms with Gasteiger partial charge in [-0.15, -0.1) is 11.3 Å². The largest absolute Gasteiger partial charge is 0.473 e. The highest BCUT2D eigenvalue weighted by molar-refractivity contribution is 7.16. The van der Waals surface area contributed by atoms with Gasteiger partial charge in [-0.05, 0) is 77.4 Å². The molecular weight excluding hydrogens is 552 g/mol. The minimum Gasteiger partial charge on any atom is -0.473 e. The fourth-order valence-corrected chi connectivity index (χ4v) is 8.24. The predicted molar refractivity (Wildman–Crippen MR) is 155 cm³/mol. The summed E-state index contributed by atoms with van der Waals surface area (Å²) < 4.78 is 18.6. The topological polar surface area (TPSA) is 149 Å². The van der Waals surface area contributed by atoms with E-state index in [4.69, 9.17) is 29.7 Å². The predicted octanol–water partition coefficient (Wildman–Crippen LogP) is 5.05. The summed E-state index contributed by atoms with van der Waals surface area (Å²) in [5.41, 5.74) is 9.03. The van der Waals surface area contributed by atoms with Gasteiger partial charge in [0.2, 0.25) is 17.6 Å². The minimum atomic E-state index is -0.430. The normalized spacial score (nSPS) is 22.4. The molecule has 1 saturated heterocycles. The molecule has 4 aromatic rings. The van der Waals surface area contributed by atoms with Gasteiger partial charge in [-0.3, -0.25) is 9.88 Å². The Kier molecular flexibility index (Phi) is 6.79. The molecular formula is C30H32N8O3S. The highest BCUT2D eigenvalue weighted by Crippen LogP contribution is 2.55. The summed E-state index contributed by atoms with van der Waals surface area (Å²) in [7, 11) is 2.12. The van der Waals surface area contributed by atoms with E-state index >= 15 is 0 Å². The summed E-state index contributed by atoms with van der Waals surface area (Å²) in [6, 6.07) is 4.35. The number of aryl methyl sites for hydroxylation is 1. The van der Waals surface area contributed by atoms with Crippen LogP contribution >= 0.6 is 11.3 Å². The van der Waals surface area contributed by atoms with Crippen LogP contribution in [0.15, 0.2) is 29.2 Å². The number of likely N-dealkylation sites (tertiary alicyclic amines) is 1. The van der Waals surface area contributed by atoms with E-state index in [1.807, 2.05) is 0 Å². The number of hydrogen-bond acceptors (Lipinski definition) is 12. The maximum Gasteiger partial charge on any atom is 0.239 e. The third kappa shape index (κ3) is 4.48. The molecule has 5 heterocycles. The Hall–Kier alpha value is -4.08. The number of ether oxygens (including phenoxy) is 2. The van der Waals surface area contributed by atoms with Gasteiger partial charge in [0.05, 0.1) is 23.2 Å². The molecule has 1 aliphatic heterocycles. The van der Waals surface area contributed by atoms with Crippen molar-refractivity contribution in [2.45, 2.75) is 75.9 Å². The summed E-state index contributed by atoms with van der Waals surface area (Å²) in [5, 5.41) is 15.2. The average molecular weight is 585 g/mol. The van der Waals surface area contributed by atoms with E-state index in [2.05, 4.69) is 40.1 Å². The maximum atomic E-state index is 10.0. The fraction of sp³-hybridized carbons (Fsp3) is 0.467. The molecule has 3 atom stereocenters. The number of anilines is 1. The molecule has 2 aliphatic carbocycles. The van der Waals surface area contributed by atoms with E-state index in [9.17, 15) is 5.26 Å². The number of aromatic nitrogens is 5. The van der Waals surface area contributed by atoms with Crippen LogP contribution in [0.4, 0.5) is 5.00 Å². The van der Waals surface area contributed by atoms with Gasteiger partial charge in [0.1, 0.15) is 17.2 Å². The number of nitrogens with two attached hydrogens (primary N) is 1. The van der Waals surface area contributed by atoms with Crippen LogP contribution in [0.2, 0.25) is 0 Å². The van der Waals surface area contributed by atoms with Crippen molar-refractivity contribution < 1.29 is 14.0 Å². The molecule has 2 N–H and O–H groups in total. The minimum absolute atomic E-state index is 0.0896. The van der Waals surface area contributed by atoms with E-state index in [1.54, 1.807) is 18.5 Å². The summed E-state index contributed by atoms with van der Waals surface area (Å²) in [4.78, 5) is 21.4. The van der Waals surface area contributed by atoms with Crippen LogP contribution < -0.4 is 15.2 Å². The zero-order valence-electron chi connectivity index (χ0n) is 23.7. The second-order valence-electron chi connectivity index (χ2n) is 11.4. The second-order valence-corrected chi connectivity index (χ2v) is 12.5. The van der Waals surface area contributed by atoms with Crippen molar-refractivity contribution in [3.05, 3.63) is 52.0 Å². The van der Waals surface area contributed by atoms with E-state index in [0.717, 1.165) is 74.8 Å². The Morgan fingerprint density at radius 3 is 2.76 bits per heavy atom. The molecule has 0 unspecified atom stereocenters. The molecule has 1 spiro atoms. The molecule has 0 bridgehead atoms. The van der Waals surface area contributed by atoms with Crippen LogP contribution in [0.1, 0.15) is 72.8 Å². The fourth-order valence-electron chi connectivity index (χ4n) is 7.08. The Bertz CT molecular complexity index is 1660. The van der Waals surface area contributed by atoms with Crippen LogP contribution in [-0.2, 0) is 18.3 Å². The SMILES string of the molecule is C[C@H](Oc1cc(Oc2cnccn2)nc(-c2noc3c2CCC[C@@]32CCCc3sc(N)c(C#N)c32)n1)[C@@H]1CCCN1C. The molecule has 0 radical (unpaired) electrons. The summed E-state index contributed by atoms with van der Waals surface area (Å²) in [5.74, 6) is 2.15. The van der Waals surface area contributed by atoms with Crippen molar-refractivity contribution >= 4 is 16.3 Å². The molecule has 0 aromatic carbocycles. The van der Waals surface area contributed by atoms with Gasteiger partial charge in [-0.25, -0.2) is 4.98 Å². The Morgan fingerprint density at radius 1 is 1.17 bits per heavy atom. The van der Waals surface area contributed by atoms with E-state index < -0.39 is 5.41 Å². The molecule has 216 valence electrons. The number of likely N-dealkylation sites (N-methyl/N-ethyl adjacent to an activating group) is 1. The highest BCUT2D eigenvalue weighted by atomic mass is 32.1. The van der Waals surface area contributed by atoms with Crippen molar-refractivity contribution in [1.82, 2.24) is 30.0 Å². The van der Waals surface area contributed by atoms with Crippen molar-refractivity contribution in [3.8, 4) is 35.2 Å². The second kappa shape index (κ2) is 10.6. The van der Waals surface area contributed by atoms with Crippen LogP contribution in [0.25, 0.3) is 11.5 Å². The van der Waals surface area contributed by atoms with Gasteiger partial charge in [-0.2, -0.15) is 15.2 Å². The van der Waals surface area contributed by atoms with Crippen LogP contribution in [0.5, 0.6) is 17.6 Å². The summed E-state index contributed by atoms with van der Waals surface area (Å²) in [6.07, 6.45) is 12.2. The Labute approximate surface area is 247 Å². The van der Waals surface area contributed by atoms with Crippen molar-refractivity contribution in [2.24, 2.45) is 0 Å². The molecule has 4 aromatic heterocycles. The maximum absolute atomic E-state index is 10.0. The lowest BCUT2D eigenvalue weighted by atomic mass is 9.63. The van der Waals surface area contributed by atoms with E-state index in [-0.39, 0.29) is 12.0 Å². The summed E-state index contributed by atoms with van der Waals surface area (Å²) in [6.45, 7) is 3.12. The van der Waals surface area contributed by atoms with Gasteiger partial charge in [0.25, 0.3) is 0 Å². The molecule has 42 heavy (non-hydrogen) atoms. The van der Waals surface area contributed by atoms with Gasteiger partial charge in [0, 0.05) is 28.9 Å². The van der Waals surface area contributed by atoms with Gasteiger partial charge < -0.3 is 19.7 Å². The lowest BCUT2D eigenvalue weighted by Gasteiger charge is -2.39. The number of nitriles is 1. The van der Waals surface area contributed by atoms with Crippen LogP contribution in [0.3, 0.4) is 0 Å². The molecule has 11 nitrogen and oxygen atoms in total. The molecule has 0 saturated carbocycles. The average Bonchev–Trinajstić information content (AvgIpc) is 3.70. The molecule has 3 aliphatic rings. The summed E-state index contributed by atoms with van der Waals surface area (Å²) >= 11 is 1.53. The molecule has 1 fully saturated rings. The Morgan fingerprint density at radius 2 is 2.00 bits per heavy atom. The van der Waals surface area contributed by atoms with Crippen LogP contribution in [0, 0.1) is 11.3 Å². The number of hydrogen-bond donors (Lipinski definition) is 1. The highest BCUT2D eigenvalue weighted by Gasteiger charge is 2.48. The quantitative estimate of drug-likeness (QED) is 0.324. The third-order valence-corrected chi connectivity index (χ3v) is 10.0. The monoisotopic (exact) mass is 584 g/mol. The lowest BCUT2D eigenvalue weighted by Crippen LogP contribution is -2.38. The van der Waals surface area contributed by atoms with Gasteiger partial charge in [-0.1, -0.05) is 5.16 Å². The van der Waals surface area contributed by atoms with Crippen LogP contribution in [-0.4, -0.2) is 55.7 Å². The van der Waals surface area contributed by atoms with Gasteiger partial charge >= 0.3 is 0 Å². The zero-order valence-corrected chi connectivity index (χ0v) is 24.5. The molecule has 12 heteroatoms. The number of rotatable bonds is 6. The molecule has 7 rings (SSSR count). The Balaban J connectivity index is 1.31.